The zero-order chi connectivity index (χ0) is 15.5. The van der Waals surface area contributed by atoms with Crippen LogP contribution in [0, 0.1) is 5.92 Å². The number of aliphatic hydroxyl groups is 1. The molecule has 1 aliphatic rings. The Bertz CT molecular complexity index is 701. The summed E-state index contributed by atoms with van der Waals surface area (Å²) in [6, 6.07) is 7.88. The van der Waals surface area contributed by atoms with Crippen molar-refractivity contribution in [3.8, 4) is 0 Å². The second kappa shape index (κ2) is 6.36. The van der Waals surface area contributed by atoms with Gasteiger partial charge in [0.1, 0.15) is 11.3 Å². The van der Waals surface area contributed by atoms with Crippen LogP contribution >= 0.6 is 0 Å². The van der Waals surface area contributed by atoms with Crippen molar-refractivity contribution in [3.63, 3.8) is 0 Å². The average molecular weight is 299 g/mol. The number of aliphatic hydroxyl groups excluding tert-OH is 1. The molecule has 1 aromatic heterocycles. The Balaban J connectivity index is 1.82. The van der Waals surface area contributed by atoms with Gasteiger partial charge in [-0.2, -0.15) is 0 Å². The Labute approximate surface area is 130 Å². The van der Waals surface area contributed by atoms with Crippen molar-refractivity contribution in [3.05, 3.63) is 41.7 Å². The zero-order valence-corrected chi connectivity index (χ0v) is 12.8. The van der Waals surface area contributed by atoms with Crippen molar-refractivity contribution in [1.29, 1.82) is 0 Å². The number of fused-ring (bicyclic) bond motifs is 1. The summed E-state index contributed by atoms with van der Waals surface area (Å²) < 4.78 is 5.83. The Kier molecular flexibility index (Phi) is 4.29. The lowest BCUT2D eigenvalue weighted by Crippen LogP contribution is -2.27. The highest BCUT2D eigenvalue weighted by molar-refractivity contribution is 5.96. The third-order valence-electron chi connectivity index (χ3n) is 4.28. The predicted octanol–water partition coefficient (Wildman–Crippen LogP) is 2.85. The zero-order valence-electron chi connectivity index (χ0n) is 12.8. The normalized spacial score (nSPS) is 18.6. The molecule has 2 heterocycles. The van der Waals surface area contributed by atoms with Crippen LogP contribution in [0.25, 0.3) is 17.0 Å². The van der Waals surface area contributed by atoms with E-state index in [1.54, 1.807) is 11.0 Å². The van der Waals surface area contributed by atoms with Crippen LogP contribution in [0.2, 0.25) is 0 Å². The number of likely N-dealkylation sites (tertiary alicyclic amines) is 1. The van der Waals surface area contributed by atoms with Crippen molar-refractivity contribution in [2.24, 2.45) is 5.92 Å². The van der Waals surface area contributed by atoms with Gasteiger partial charge < -0.3 is 14.4 Å². The minimum atomic E-state index is 0.00304. The molecule has 1 amide bonds. The Morgan fingerprint density at radius 1 is 1.45 bits per heavy atom. The van der Waals surface area contributed by atoms with Crippen LogP contribution in [-0.4, -0.2) is 35.6 Å². The van der Waals surface area contributed by atoms with E-state index in [1.807, 2.05) is 37.3 Å². The van der Waals surface area contributed by atoms with E-state index < -0.39 is 0 Å². The lowest BCUT2D eigenvalue weighted by Gasteiger charge is -2.13. The minimum absolute atomic E-state index is 0.00304. The molecule has 22 heavy (non-hydrogen) atoms. The summed E-state index contributed by atoms with van der Waals surface area (Å²) in [6.07, 6.45) is 5.15. The maximum absolute atomic E-state index is 12.3. The maximum atomic E-state index is 12.3. The van der Waals surface area contributed by atoms with E-state index in [2.05, 4.69) is 0 Å². The lowest BCUT2D eigenvalue weighted by atomic mass is 10.1. The number of furan rings is 1. The molecule has 1 aromatic carbocycles. The van der Waals surface area contributed by atoms with E-state index in [0.717, 1.165) is 41.7 Å². The summed E-state index contributed by atoms with van der Waals surface area (Å²) in [7, 11) is 0. The number of carbonyl (C=O) groups excluding carboxylic acids is 1. The number of hydrogen-bond donors (Lipinski definition) is 1. The predicted molar refractivity (Wildman–Crippen MR) is 86.4 cm³/mol. The first-order valence-electron chi connectivity index (χ1n) is 7.81. The van der Waals surface area contributed by atoms with E-state index in [0.29, 0.717) is 6.54 Å². The number of benzene rings is 1. The van der Waals surface area contributed by atoms with Crippen molar-refractivity contribution in [2.75, 3.05) is 19.7 Å². The Morgan fingerprint density at radius 3 is 3.00 bits per heavy atom. The molecule has 0 spiro atoms. The molecule has 1 unspecified atom stereocenters. The van der Waals surface area contributed by atoms with Gasteiger partial charge in [-0.25, -0.2) is 0 Å². The van der Waals surface area contributed by atoms with Gasteiger partial charge in [0.05, 0.1) is 0 Å². The minimum Gasteiger partial charge on any atom is -0.460 e. The average Bonchev–Trinajstić information content (AvgIpc) is 3.16. The number of carbonyl (C=O) groups is 1. The van der Waals surface area contributed by atoms with Crippen LogP contribution in [0.4, 0.5) is 0 Å². The highest BCUT2D eigenvalue weighted by atomic mass is 16.3. The third kappa shape index (κ3) is 2.79. The number of aryl methyl sites for hydroxylation is 1. The first-order chi connectivity index (χ1) is 10.7. The number of rotatable bonds is 4. The number of amides is 1. The maximum Gasteiger partial charge on any atom is 0.246 e. The van der Waals surface area contributed by atoms with Crippen molar-refractivity contribution in [1.82, 2.24) is 4.90 Å². The summed E-state index contributed by atoms with van der Waals surface area (Å²) in [5.41, 5.74) is 1.84. The molecule has 1 N–H and O–H groups in total. The summed E-state index contributed by atoms with van der Waals surface area (Å²) in [6.45, 7) is 3.57. The van der Waals surface area contributed by atoms with Crippen molar-refractivity contribution >= 4 is 23.0 Å². The van der Waals surface area contributed by atoms with Crippen LogP contribution in [0.1, 0.15) is 24.7 Å². The molecule has 0 saturated carbocycles. The second-order valence-corrected chi connectivity index (χ2v) is 5.74. The van der Waals surface area contributed by atoms with Gasteiger partial charge in [-0.3, -0.25) is 4.79 Å². The van der Waals surface area contributed by atoms with E-state index >= 15 is 0 Å². The molecule has 4 nitrogen and oxygen atoms in total. The van der Waals surface area contributed by atoms with Gasteiger partial charge in [-0.1, -0.05) is 25.1 Å². The first kappa shape index (κ1) is 14.9. The molecule has 0 radical (unpaired) electrons. The highest BCUT2D eigenvalue weighted by Crippen LogP contribution is 2.27. The SMILES string of the molecule is CCc1oc2ccccc2c1/C=C/C(=O)N1CCC(CO)C1. The third-order valence-corrected chi connectivity index (χ3v) is 4.28. The fraction of sp³-hybridized carbons (Fsp3) is 0.389. The largest absolute Gasteiger partial charge is 0.460 e. The van der Waals surface area contributed by atoms with Crippen LogP contribution in [0.5, 0.6) is 0 Å². The standard InChI is InChI=1S/C18H21NO3/c1-2-16-15(14-5-3-4-6-17(14)22-16)7-8-18(21)19-10-9-13(11-19)12-20/h3-8,13,20H,2,9-12H2,1H3/b8-7+. The van der Waals surface area contributed by atoms with Gasteiger partial charge in [0.25, 0.3) is 0 Å². The van der Waals surface area contributed by atoms with Crippen molar-refractivity contribution in [2.45, 2.75) is 19.8 Å². The highest BCUT2D eigenvalue weighted by Gasteiger charge is 2.24. The van der Waals surface area contributed by atoms with Gasteiger partial charge in [0, 0.05) is 49.1 Å². The van der Waals surface area contributed by atoms with Gasteiger partial charge in [-0.15, -0.1) is 0 Å². The van der Waals surface area contributed by atoms with E-state index in [-0.39, 0.29) is 18.4 Å². The van der Waals surface area contributed by atoms with Crippen LogP contribution in [-0.2, 0) is 11.2 Å². The molecule has 1 saturated heterocycles. The van der Waals surface area contributed by atoms with Gasteiger partial charge in [-0.05, 0) is 18.6 Å². The molecule has 1 aliphatic heterocycles. The molecule has 0 aliphatic carbocycles. The van der Waals surface area contributed by atoms with E-state index in [4.69, 9.17) is 9.52 Å². The summed E-state index contributed by atoms with van der Waals surface area (Å²) >= 11 is 0. The summed E-state index contributed by atoms with van der Waals surface area (Å²) in [4.78, 5) is 14.1. The van der Waals surface area contributed by atoms with Gasteiger partial charge in [0.15, 0.2) is 0 Å². The monoisotopic (exact) mass is 299 g/mol. The van der Waals surface area contributed by atoms with Crippen LogP contribution in [0.15, 0.2) is 34.8 Å². The number of hydrogen-bond acceptors (Lipinski definition) is 3. The van der Waals surface area contributed by atoms with Crippen LogP contribution < -0.4 is 0 Å². The molecule has 0 bridgehead atoms. The smallest absolute Gasteiger partial charge is 0.246 e. The molecule has 116 valence electrons. The molecule has 2 aromatic rings. The molecule has 1 atom stereocenters. The lowest BCUT2D eigenvalue weighted by molar-refractivity contribution is -0.125. The quantitative estimate of drug-likeness (QED) is 0.883. The molecular weight excluding hydrogens is 278 g/mol. The summed E-state index contributed by atoms with van der Waals surface area (Å²) in [5, 5.41) is 10.2. The number of para-hydroxylation sites is 1. The fourth-order valence-corrected chi connectivity index (χ4v) is 3.00. The molecule has 4 heteroatoms. The first-order valence-corrected chi connectivity index (χ1v) is 7.81. The second-order valence-electron chi connectivity index (χ2n) is 5.74. The molecular formula is C18H21NO3. The van der Waals surface area contributed by atoms with Gasteiger partial charge in [0.2, 0.25) is 5.91 Å². The topological polar surface area (TPSA) is 53.7 Å². The van der Waals surface area contributed by atoms with Crippen molar-refractivity contribution < 1.29 is 14.3 Å². The number of nitrogens with zero attached hydrogens (tertiary/aromatic N) is 1. The fourth-order valence-electron chi connectivity index (χ4n) is 3.00. The Hall–Kier alpha value is -2.07. The molecule has 3 rings (SSSR count). The summed E-state index contributed by atoms with van der Waals surface area (Å²) in [5.74, 6) is 1.13. The van der Waals surface area contributed by atoms with Crippen LogP contribution in [0.3, 0.4) is 0 Å². The van der Waals surface area contributed by atoms with Gasteiger partial charge >= 0.3 is 0 Å². The molecule has 1 fully saturated rings. The van der Waals surface area contributed by atoms with E-state index in [1.165, 1.54) is 0 Å². The van der Waals surface area contributed by atoms with E-state index in [9.17, 15) is 4.79 Å². The Morgan fingerprint density at radius 2 is 2.27 bits per heavy atom.